The number of para-hydroxylation sites is 1. The lowest BCUT2D eigenvalue weighted by Gasteiger charge is -2.12. The van der Waals surface area contributed by atoms with Crippen molar-refractivity contribution < 1.29 is 24.5 Å². The quantitative estimate of drug-likeness (QED) is 0.631. The lowest BCUT2D eigenvalue weighted by molar-refractivity contribution is -0.136. The van der Waals surface area contributed by atoms with E-state index >= 15 is 0 Å². The molecule has 0 spiro atoms. The van der Waals surface area contributed by atoms with Gasteiger partial charge in [-0.05, 0) is 17.7 Å². The number of ether oxygens (including phenoxy) is 1. The third-order valence-electron chi connectivity index (χ3n) is 4.31. The summed E-state index contributed by atoms with van der Waals surface area (Å²) in [6, 6.07) is 14.3. The molecule has 0 aliphatic carbocycles. The molecular formula is C21H16N2O5. The number of pyridine rings is 1. The van der Waals surface area contributed by atoms with Gasteiger partial charge in [-0.2, -0.15) is 5.26 Å². The average Bonchev–Trinajstić information content (AvgIpc) is 2.71. The van der Waals surface area contributed by atoms with Crippen LogP contribution in [-0.2, 0) is 4.79 Å². The first-order valence-corrected chi connectivity index (χ1v) is 8.41. The first-order chi connectivity index (χ1) is 13.5. The van der Waals surface area contributed by atoms with Crippen LogP contribution < -0.4 is 4.74 Å². The predicted molar refractivity (Wildman–Crippen MR) is 101 cm³/mol. The van der Waals surface area contributed by atoms with Gasteiger partial charge in [0.15, 0.2) is 11.5 Å². The number of aliphatic carboxylic acids is 1. The van der Waals surface area contributed by atoms with Crippen LogP contribution in [0.5, 0.6) is 11.5 Å². The van der Waals surface area contributed by atoms with E-state index in [2.05, 4.69) is 4.98 Å². The molecule has 1 aromatic heterocycles. The molecule has 0 fully saturated rings. The van der Waals surface area contributed by atoms with Crippen LogP contribution >= 0.6 is 0 Å². The zero-order valence-electron chi connectivity index (χ0n) is 15.0. The summed E-state index contributed by atoms with van der Waals surface area (Å²) < 4.78 is 5.25. The third-order valence-corrected chi connectivity index (χ3v) is 4.31. The van der Waals surface area contributed by atoms with Crippen molar-refractivity contribution in [1.29, 1.82) is 5.26 Å². The van der Waals surface area contributed by atoms with Crippen LogP contribution in [0.4, 0.5) is 0 Å². The number of fused-ring (bicyclic) bond motifs is 1. The van der Waals surface area contributed by atoms with Gasteiger partial charge >= 0.3 is 5.97 Å². The van der Waals surface area contributed by atoms with Gasteiger partial charge in [0.1, 0.15) is 23.1 Å². The fourth-order valence-electron chi connectivity index (χ4n) is 2.95. The molecule has 0 radical (unpaired) electrons. The zero-order chi connectivity index (χ0) is 20.3. The second-order valence-corrected chi connectivity index (χ2v) is 6.05. The minimum absolute atomic E-state index is 0.0755. The molecule has 28 heavy (non-hydrogen) atoms. The molecule has 0 saturated carbocycles. The van der Waals surface area contributed by atoms with Crippen LogP contribution in [-0.4, -0.2) is 34.1 Å². The van der Waals surface area contributed by atoms with Crippen LogP contribution in [0.1, 0.15) is 28.9 Å². The topological polar surface area (TPSA) is 121 Å². The SMILES string of the molecule is COc1cccc(-c2cccc3c(C#N)c(O)c(C(=O)CCC(=O)O)nc23)c1. The van der Waals surface area contributed by atoms with Crippen LogP contribution in [0.25, 0.3) is 22.0 Å². The Morgan fingerprint density at radius 2 is 1.93 bits per heavy atom. The molecule has 0 amide bonds. The zero-order valence-corrected chi connectivity index (χ0v) is 15.0. The Kier molecular flexibility index (Phi) is 5.23. The van der Waals surface area contributed by atoms with Gasteiger partial charge in [-0.1, -0.05) is 30.3 Å². The standard InChI is InChI=1S/C21H16N2O5/c1-28-13-5-2-4-12(10-13)14-6-3-7-15-16(11-22)21(27)20(23-19(14)15)17(24)8-9-18(25)26/h2-7,10,27H,8-9H2,1H3,(H,25,26). The summed E-state index contributed by atoms with van der Waals surface area (Å²) in [6.07, 6.45) is -0.717. The molecule has 7 nitrogen and oxygen atoms in total. The van der Waals surface area contributed by atoms with E-state index in [1.807, 2.05) is 12.1 Å². The molecule has 3 aromatic rings. The number of nitrogens with zero attached hydrogens (tertiary/aromatic N) is 2. The Balaban J connectivity index is 2.25. The van der Waals surface area contributed by atoms with Gasteiger partial charge in [-0.15, -0.1) is 0 Å². The number of hydrogen-bond acceptors (Lipinski definition) is 6. The van der Waals surface area contributed by atoms with Crippen molar-refractivity contribution in [3.05, 3.63) is 53.7 Å². The van der Waals surface area contributed by atoms with Gasteiger partial charge in [0, 0.05) is 17.4 Å². The summed E-state index contributed by atoms with van der Waals surface area (Å²) in [5, 5.41) is 29.1. The predicted octanol–water partition coefficient (Wildman–Crippen LogP) is 3.54. The van der Waals surface area contributed by atoms with Gasteiger partial charge in [-0.25, -0.2) is 4.98 Å². The molecule has 7 heteroatoms. The van der Waals surface area contributed by atoms with E-state index in [4.69, 9.17) is 9.84 Å². The maximum atomic E-state index is 12.4. The molecule has 0 aliphatic heterocycles. The van der Waals surface area contributed by atoms with E-state index in [9.17, 15) is 20.0 Å². The van der Waals surface area contributed by atoms with Crippen LogP contribution in [0.2, 0.25) is 0 Å². The summed E-state index contributed by atoms with van der Waals surface area (Å²) in [7, 11) is 1.55. The van der Waals surface area contributed by atoms with Crippen molar-refractivity contribution >= 4 is 22.7 Å². The van der Waals surface area contributed by atoms with Crippen molar-refractivity contribution in [2.75, 3.05) is 7.11 Å². The van der Waals surface area contributed by atoms with Crippen molar-refractivity contribution in [1.82, 2.24) is 4.98 Å². The molecule has 0 saturated heterocycles. The highest BCUT2D eigenvalue weighted by Crippen LogP contribution is 2.35. The van der Waals surface area contributed by atoms with E-state index in [0.717, 1.165) is 5.56 Å². The normalized spacial score (nSPS) is 10.4. The van der Waals surface area contributed by atoms with E-state index in [1.165, 1.54) is 0 Å². The maximum Gasteiger partial charge on any atom is 0.303 e. The first kappa shape index (κ1) is 18.9. The average molecular weight is 376 g/mol. The molecule has 2 aromatic carbocycles. The van der Waals surface area contributed by atoms with E-state index in [1.54, 1.807) is 43.5 Å². The number of nitriles is 1. The number of aromatic hydroxyl groups is 1. The second kappa shape index (κ2) is 7.76. The number of rotatable bonds is 6. The fraction of sp³-hybridized carbons (Fsp3) is 0.143. The number of carbonyl (C=O) groups excluding carboxylic acids is 1. The van der Waals surface area contributed by atoms with E-state index in [-0.39, 0.29) is 17.7 Å². The van der Waals surface area contributed by atoms with Crippen LogP contribution in [0.15, 0.2) is 42.5 Å². The Hall–Kier alpha value is -3.92. The fourth-order valence-corrected chi connectivity index (χ4v) is 2.95. The minimum Gasteiger partial charge on any atom is -0.504 e. The van der Waals surface area contributed by atoms with Crippen molar-refractivity contribution in [3.63, 3.8) is 0 Å². The second-order valence-electron chi connectivity index (χ2n) is 6.05. The molecule has 0 aliphatic rings. The Morgan fingerprint density at radius 3 is 2.61 bits per heavy atom. The number of methoxy groups -OCH3 is 1. The number of carboxylic acid groups (broad SMARTS) is 1. The molecule has 0 unspecified atom stereocenters. The van der Waals surface area contributed by atoms with Gasteiger partial charge < -0.3 is 14.9 Å². The lowest BCUT2D eigenvalue weighted by atomic mass is 9.97. The van der Waals surface area contributed by atoms with E-state index in [0.29, 0.717) is 22.2 Å². The highest BCUT2D eigenvalue weighted by atomic mass is 16.5. The lowest BCUT2D eigenvalue weighted by Crippen LogP contribution is -2.08. The molecular weight excluding hydrogens is 360 g/mol. The summed E-state index contributed by atoms with van der Waals surface area (Å²) >= 11 is 0. The largest absolute Gasteiger partial charge is 0.504 e. The highest BCUT2D eigenvalue weighted by molar-refractivity contribution is 6.05. The Bertz CT molecular complexity index is 1130. The third kappa shape index (κ3) is 3.48. The van der Waals surface area contributed by atoms with Gasteiger partial charge in [0.2, 0.25) is 0 Å². The van der Waals surface area contributed by atoms with Crippen molar-refractivity contribution in [2.24, 2.45) is 0 Å². The summed E-state index contributed by atoms with van der Waals surface area (Å²) in [5.41, 5.74) is 1.40. The summed E-state index contributed by atoms with van der Waals surface area (Å²) in [4.78, 5) is 27.5. The summed E-state index contributed by atoms with van der Waals surface area (Å²) in [5.74, 6) is -1.68. The number of carbonyl (C=O) groups is 2. The molecule has 140 valence electrons. The van der Waals surface area contributed by atoms with Crippen molar-refractivity contribution in [3.8, 4) is 28.7 Å². The molecule has 1 heterocycles. The Labute approximate surface area is 160 Å². The monoisotopic (exact) mass is 376 g/mol. The number of Topliss-reactive ketones (excluding diaryl/α,β-unsaturated/α-hetero) is 1. The number of hydrogen-bond donors (Lipinski definition) is 2. The van der Waals surface area contributed by atoms with E-state index < -0.39 is 23.9 Å². The van der Waals surface area contributed by atoms with Gasteiger partial charge in [0.25, 0.3) is 0 Å². The first-order valence-electron chi connectivity index (χ1n) is 8.41. The number of aromatic nitrogens is 1. The Morgan fingerprint density at radius 1 is 1.18 bits per heavy atom. The number of ketones is 1. The number of carboxylic acids is 1. The maximum absolute atomic E-state index is 12.4. The minimum atomic E-state index is -1.13. The molecule has 2 N–H and O–H groups in total. The van der Waals surface area contributed by atoms with Crippen LogP contribution in [0.3, 0.4) is 0 Å². The smallest absolute Gasteiger partial charge is 0.303 e. The molecule has 3 rings (SSSR count). The molecule has 0 atom stereocenters. The van der Waals surface area contributed by atoms with Crippen molar-refractivity contribution in [2.45, 2.75) is 12.8 Å². The highest BCUT2D eigenvalue weighted by Gasteiger charge is 2.22. The summed E-state index contributed by atoms with van der Waals surface area (Å²) in [6.45, 7) is 0. The number of benzene rings is 2. The van der Waals surface area contributed by atoms with Gasteiger partial charge in [0.05, 0.1) is 19.0 Å². The molecule has 0 bridgehead atoms. The van der Waals surface area contributed by atoms with Crippen LogP contribution in [0, 0.1) is 11.3 Å². The van der Waals surface area contributed by atoms with Gasteiger partial charge in [-0.3, -0.25) is 9.59 Å².